The summed E-state index contributed by atoms with van der Waals surface area (Å²) in [5.74, 6) is 1.75. The van der Waals surface area contributed by atoms with Crippen LogP contribution in [0.25, 0.3) is 20.7 Å². The van der Waals surface area contributed by atoms with Crippen molar-refractivity contribution < 1.29 is 4.74 Å². The quantitative estimate of drug-likeness (QED) is 0.730. The summed E-state index contributed by atoms with van der Waals surface area (Å²) in [5, 5.41) is 0. The molecule has 0 aliphatic carbocycles. The lowest BCUT2D eigenvalue weighted by atomic mass is 10.2. The van der Waals surface area contributed by atoms with Gasteiger partial charge in [-0.1, -0.05) is 0 Å². The van der Waals surface area contributed by atoms with Gasteiger partial charge in [-0.25, -0.2) is 4.98 Å². The van der Waals surface area contributed by atoms with E-state index in [0.717, 1.165) is 51.6 Å². The number of fused-ring (bicyclic) bond motifs is 2. The largest absolute Gasteiger partial charge is 0.497 e. The number of methoxy groups -OCH3 is 1. The molecule has 1 aromatic carbocycles. The summed E-state index contributed by atoms with van der Waals surface area (Å²) >= 11 is 1.52. The van der Waals surface area contributed by atoms with Crippen LogP contribution in [0.3, 0.4) is 0 Å². The molecule has 0 saturated carbocycles. The molecule has 0 unspecified atom stereocenters. The van der Waals surface area contributed by atoms with Crippen LogP contribution in [0.15, 0.2) is 35.1 Å². The van der Waals surface area contributed by atoms with Crippen molar-refractivity contribution in [1.29, 1.82) is 0 Å². The molecule has 1 aliphatic rings. The minimum atomic E-state index is 0.109. The highest BCUT2D eigenvalue weighted by Crippen LogP contribution is 2.32. The van der Waals surface area contributed by atoms with Gasteiger partial charge in [0.15, 0.2) is 0 Å². The lowest BCUT2D eigenvalue weighted by molar-refractivity contribution is 0.415. The highest BCUT2D eigenvalue weighted by Gasteiger charge is 2.18. The number of ether oxygens (including phenoxy) is 1. The monoisotopic (exact) mass is 298 g/mol. The van der Waals surface area contributed by atoms with Gasteiger partial charge in [0.25, 0.3) is 5.56 Å². The van der Waals surface area contributed by atoms with Crippen molar-refractivity contribution in [2.75, 3.05) is 7.11 Å². The fourth-order valence-corrected chi connectivity index (χ4v) is 3.82. The van der Waals surface area contributed by atoms with Gasteiger partial charge in [-0.15, -0.1) is 11.3 Å². The second-order valence-corrected chi connectivity index (χ2v) is 6.19. The van der Waals surface area contributed by atoms with Crippen LogP contribution in [0, 0.1) is 0 Å². The van der Waals surface area contributed by atoms with E-state index in [1.165, 1.54) is 11.3 Å². The molecule has 0 spiro atoms. The molecule has 3 heterocycles. The maximum Gasteiger partial charge on any atom is 0.271 e. The molecule has 4 rings (SSSR count). The molecule has 0 saturated heterocycles. The van der Waals surface area contributed by atoms with E-state index >= 15 is 0 Å². The fourth-order valence-electron chi connectivity index (χ4n) is 2.77. The van der Waals surface area contributed by atoms with Crippen molar-refractivity contribution in [3.05, 3.63) is 46.5 Å². The first-order valence-corrected chi connectivity index (χ1v) is 7.75. The van der Waals surface area contributed by atoms with Crippen LogP contribution in [0.1, 0.15) is 12.2 Å². The first-order chi connectivity index (χ1) is 10.3. The number of aromatic nitrogens is 2. The van der Waals surface area contributed by atoms with Gasteiger partial charge in [-0.2, -0.15) is 0 Å². The van der Waals surface area contributed by atoms with Gasteiger partial charge in [-0.3, -0.25) is 9.36 Å². The summed E-state index contributed by atoms with van der Waals surface area (Å²) in [6, 6.07) is 9.89. The Morgan fingerprint density at radius 2 is 2.10 bits per heavy atom. The Labute approximate surface area is 125 Å². The van der Waals surface area contributed by atoms with Crippen molar-refractivity contribution in [3.63, 3.8) is 0 Å². The first kappa shape index (κ1) is 12.6. The second kappa shape index (κ2) is 4.70. The predicted octanol–water partition coefficient (Wildman–Crippen LogP) is 3.08. The van der Waals surface area contributed by atoms with Crippen molar-refractivity contribution in [1.82, 2.24) is 9.55 Å². The Bertz CT molecular complexity index is 878. The highest BCUT2D eigenvalue weighted by atomic mass is 32.1. The molecule has 106 valence electrons. The lowest BCUT2D eigenvalue weighted by Crippen LogP contribution is -2.19. The van der Waals surface area contributed by atoms with Crippen LogP contribution in [-0.2, 0) is 13.0 Å². The molecular formula is C16H14N2O2S. The van der Waals surface area contributed by atoms with E-state index in [0.29, 0.717) is 0 Å². The van der Waals surface area contributed by atoms with Crippen LogP contribution >= 0.6 is 11.3 Å². The molecule has 0 bridgehead atoms. The number of thiophene rings is 1. The summed E-state index contributed by atoms with van der Waals surface area (Å²) < 4.78 is 7.75. The topological polar surface area (TPSA) is 44.1 Å². The number of nitrogens with zero attached hydrogens (tertiary/aromatic N) is 2. The Hall–Kier alpha value is -2.14. The van der Waals surface area contributed by atoms with Crippen molar-refractivity contribution >= 4 is 21.6 Å². The van der Waals surface area contributed by atoms with Crippen LogP contribution in [0.4, 0.5) is 0 Å². The molecule has 2 aromatic heterocycles. The molecule has 1 aliphatic heterocycles. The third-order valence-corrected chi connectivity index (χ3v) is 5.03. The molecule has 0 fully saturated rings. The summed E-state index contributed by atoms with van der Waals surface area (Å²) in [6.07, 6.45) is 1.92. The Morgan fingerprint density at radius 1 is 1.29 bits per heavy atom. The Balaban J connectivity index is 1.87. The summed E-state index contributed by atoms with van der Waals surface area (Å²) in [5.41, 5.74) is 2.02. The maximum atomic E-state index is 12.5. The molecule has 0 N–H and O–H groups in total. The van der Waals surface area contributed by atoms with Crippen LogP contribution in [0.5, 0.6) is 5.75 Å². The summed E-state index contributed by atoms with van der Waals surface area (Å²) in [6.45, 7) is 0.798. The van der Waals surface area contributed by atoms with Gasteiger partial charge in [0.05, 0.1) is 12.6 Å². The smallest absolute Gasteiger partial charge is 0.271 e. The van der Waals surface area contributed by atoms with Crippen LogP contribution in [0.2, 0.25) is 0 Å². The average molecular weight is 298 g/mol. The molecule has 5 heteroatoms. The maximum absolute atomic E-state index is 12.5. The van der Waals surface area contributed by atoms with Crippen molar-refractivity contribution in [2.24, 2.45) is 0 Å². The molecule has 4 nitrogen and oxygen atoms in total. The van der Waals surface area contributed by atoms with E-state index in [4.69, 9.17) is 4.74 Å². The van der Waals surface area contributed by atoms with Crippen molar-refractivity contribution in [2.45, 2.75) is 19.4 Å². The van der Waals surface area contributed by atoms with E-state index in [-0.39, 0.29) is 5.56 Å². The van der Waals surface area contributed by atoms with Crippen LogP contribution in [-0.4, -0.2) is 16.7 Å². The van der Waals surface area contributed by atoms with Crippen molar-refractivity contribution in [3.8, 4) is 16.2 Å². The zero-order chi connectivity index (χ0) is 14.4. The van der Waals surface area contributed by atoms with Gasteiger partial charge in [-0.05, 0) is 42.3 Å². The normalized spacial score (nSPS) is 13.6. The zero-order valence-electron chi connectivity index (χ0n) is 11.6. The number of aryl methyl sites for hydroxylation is 1. The Kier molecular flexibility index (Phi) is 2.82. The molecule has 21 heavy (non-hydrogen) atoms. The first-order valence-electron chi connectivity index (χ1n) is 6.94. The van der Waals surface area contributed by atoms with Crippen LogP contribution < -0.4 is 10.3 Å². The van der Waals surface area contributed by atoms with Gasteiger partial charge < -0.3 is 4.74 Å². The average Bonchev–Trinajstić information content (AvgIpc) is 3.14. The second-order valence-electron chi connectivity index (χ2n) is 5.14. The van der Waals surface area contributed by atoms with Gasteiger partial charge >= 0.3 is 0 Å². The number of benzene rings is 1. The third-order valence-electron chi connectivity index (χ3n) is 3.87. The Morgan fingerprint density at radius 3 is 2.86 bits per heavy atom. The van der Waals surface area contributed by atoms with E-state index in [2.05, 4.69) is 4.98 Å². The molecule has 0 atom stereocenters. The molecule has 3 aromatic rings. The molecule has 0 amide bonds. The van der Waals surface area contributed by atoms with Gasteiger partial charge in [0.2, 0.25) is 0 Å². The highest BCUT2D eigenvalue weighted by molar-refractivity contribution is 7.22. The number of hydrogen-bond donors (Lipinski definition) is 0. The van der Waals surface area contributed by atoms with Gasteiger partial charge in [0, 0.05) is 17.8 Å². The molecule has 0 radical (unpaired) electrons. The third kappa shape index (κ3) is 1.96. The van der Waals surface area contributed by atoms with E-state index < -0.39 is 0 Å². The standard InChI is InChI=1S/C16H14N2O2S/c1-20-11-6-4-10(5-7-11)13-9-12-15(21-13)16(19)18-8-2-3-14(18)17-12/h4-7,9H,2-3,8H2,1H3. The lowest BCUT2D eigenvalue weighted by Gasteiger charge is -2.00. The minimum Gasteiger partial charge on any atom is -0.497 e. The zero-order valence-corrected chi connectivity index (χ0v) is 12.4. The van der Waals surface area contributed by atoms with E-state index in [1.54, 1.807) is 7.11 Å². The predicted molar refractivity (Wildman–Crippen MR) is 84.2 cm³/mol. The molecular weight excluding hydrogens is 284 g/mol. The van der Waals surface area contributed by atoms with E-state index in [9.17, 15) is 4.79 Å². The van der Waals surface area contributed by atoms with Gasteiger partial charge in [0.1, 0.15) is 16.3 Å². The minimum absolute atomic E-state index is 0.109. The fraction of sp³-hybridized carbons (Fsp3) is 0.250. The summed E-state index contributed by atoms with van der Waals surface area (Å²) in [4.78, 5) is 18.2. The summed E-state index contributed by atoms with van der Waals surface area (Å²) in [7, 11) is 1.65. The SMILES string of the molecule is COc1ccc(-c2cc3nc4n(c(=O)c3s2)CCC4)cc1. The number of rotatable bonds is 2. The van der Waals surface area contributed by atoms with E-state index in [1.807, 2.05) is 34.9 Å². The number of hydrogen-bond acceptors (Lipinski definition) is 4.